The highest BCUT2D eigenvalue weighted by atomic mass is 127. The van der Waals surface area contributed by atoms with E-state index in [-0.39, 0.29) is 54.9 Å². The second kappa shape index (κ2) is 11.9. The lowest BCUT2D eigenvalue weighted by Gasteiger charge is -2.19. The van der Waals surface area contributed by atoms with Crippen LogP contribution in [0.1, 0.15) is 29.3 Å². The first-order valence-corrected chi connectivity index (χ1v) is 9.86. The number of esters is 1. The van der Waals surface area contributed by atoms with E-state index in [0.29, 0.717) is 16.6 Å². The summed E-state index contributed by atoms with van der Waals surface area (Å²) in [5.74, 6) is -0.622. The Morgan fingerprint density at radius 2 is 1.83 bits per heavy atom. The molecular weight excluding hydrogens is 521 g/mol. The maximum absolute atomic E-state index is 12.5. The van der Waals surface area contributed by atoms with Crippen LogP contribution < -0.4 is 11.1 Å². The number of rotatable bonds is 6. The maximum Gasteiger partial charge on any atom is 0.307 e. The Labute approximate surface area is 196 Å². The van der Waals surface area contributed by atoms with E-state index in [1.54, 1.807) is 43.3 Å². The number of ether oxygens (including phenoxy) is 1. The summed E-state index contributed by atoms with van der Waals surface area (Å²) in [6.07, 6.45) is 0.104. The van der Waals surface area contributed by atoms with Crippen molar-refractivity contribution in [3.05, 3.63) is 35.4 Å². The Balaban J connectivity index is 0.00000450. The van der Waals surface area contributed by atoms with Crippen molar-refractivity contribution in [1.29, 1.82) is 0 Å². The highest BCUT2D eigenvalue weighted by Crippen LogP contribution is 2.31. The third-order valence-corrected chi connectivity index (χ3v) is 6.02. The Kier molecular flexibility index (Phi) is 10.3. The molecule has 9 nitrogen and oxygen atoms in total. The minimum atomic E-state index is -0.438. The average Bonchev–Trinajstić information content (AvgIpc) is 3.01. The predicted octanol–water partition coefficient (Wildman–Crippen LogP) is 1.25. The molecule has 0 radical (unpaired) electrons. The number of amidine groups is 2. The molecular formula is C19H26IN5O4S. The molecule has 2 rings (SSSR count). The first kappa shape index (κ1) is 25.9. The summed E-state index contributed by atoms with van der Waals surface area (Å²) in [4.78, 5) is 46.0. The van der Waals surface area contributed by atoms with E-state index in [2.05, 4.69) is 20.0 Å². The molecule has 11 heteroatoms. The number of halogens is 1. The standard InChI is InChI=1S/C19H25N5O4S.HI/c1-11-15(18(27)22-10-9-14(25)28-4)29-19(24(11)3)23-17(26)13-7-5-12(6-8-13)16(20)21-2;/h5-8,11,15H,9-10H2,1-4H3,(H2,20,21)(H,22,27);1H. The van der Waals surface area contributed by atoms with Crippen LogP contribution >= 0.6 is 35.7 Å². The normalized spacial score (nSPS) is 19.9. The second-order valence-electron chi connectivity index (χ2n) is 6.39. The Morgan fingerprint density at radius 1 is 1.23 bits per heavy atom. The zero-order valence-corrected chi connectivity index (χ0v) is 20.4. The van der Waals surface area contributed by atoms with Gasteiger partial charge in [0.15, 0.2) is 5.17 Å². The molecule has 3 N–H and O–H groups in total. The summed E-state index contributed by atoms with van der Waals surface area (Å²) in [5, 5.41) is 2.75. The maximum atomic E-state index is 12.5. The number of nitrogens with two attached hydrogens (primary N) is 1. The SMILES string of the molecule is CN=C(N)c1ccc(C(=O)N=C2SC(C(=O)NCCC(=O)OC)C(C)N2C)cc1.I. The average molecular weight is 547 g/mol. The number of hydrogen-bond acceptors (Lipinski definition) is 6. The summed E-state index contributed by atoms with van der Waals surface area (Å²) in [6.45, 7) is 2.08. The third kappa shape index (κ3) is 6.42. The molecule has 1 saturated heterocycles. The Bertz CT molecular complexity index is 844. The van der Waals surface area contributed by atoms with Crippen molar-refractivity contribution in [3.63, 3.8) is 0 Å². The highest BCUT2D eigenvalue weighted by molar-refractivity contribution is 14.0. The van der Waals surface area contributed by atoms with Gasteiger partial charge in [0.05, 0.1) is 13.5 Å². The van der Waals surface area contributed by atoms with Gasteiger partial charge in [-0.1, -0.05) is 23.9 Å². The number of carbonyl (C=O) groups is 3. The minimum Gasteiger partial charge on any atom is -0.469 e. The van der Waals surface area contributed by atoms with Crippen LogP contribution in [0.15, 0.2) is 34.3 Å². The van der Waals surface area contributed by atoms with Gasteiger partial charge in [0, 0.05) is 37.8 Å². The topological polar surface area (TPSA) is 126 Å². The number of thioether (sulfide) groups is 1. The van der Waals surface area contributed by atoms with Crippen molar-refractivity contribution >= 4 is 64.5 Å². The van der Waals surface area contributed by atoms with Crippen LogP contribution in [0.25, 0.3) is 0 Å². The fourth-order valence-corrected chi connectivity index (χ4v) is 3.87. The van der Waals surface area contributed by atoms with Gasteiger partial charge in [0.1, 0.15) is 11.1 Å². The van der Waals surface area contributed by atoms with Gasteiger partial charge in [-0.3, -0.25) is 19.4 Å². The summed E-state index contributed by atoms with van der Waals surface area (Å²) in [6, 6.07) is 6.54. The van der Waals surface area contributed by atoms with E-state index in [1.807, 2.05) is 6.92 Å². The largest absolute Gasteiger partial charge is 0.469 e. The fourth-order valence-electron chi connectivity index (χ4n) is 2.60. The number of methoxy groups -OCH3 is 1. The lowest BCUT2D eigenvalue weighted by atomic mass is 10.1. The number of amides is 2. The Morgan fingerprint density at radius 3 is 2.40 bits per heavy atom. The van der Waals surface area contributed by atoms with E-state index < -0.39 is 11.2 Å². The summed E-state index contributed by atoms with van der Waals surface area (Å²) in [7, 11) is 4.68. The van der Waals surface area contributed by atoms with Gasteiger partial charge in [0.25, 0.3) is 5.91 Å². The van der Waals surface area contributed by atoms with E-state index in [1.165, 1.54) is 18.9 Å². The Hall–Kier alpha value is -2.15. The summed E-state index contributed by atoms with van der Waals surface area (Å²) in [5.41, 5.74) is 6.89. The molecule has 30 heavy (non-hydrogen) atoms. The van der Waals surface area contributed by atoms with Crippen molar-refractivity contribution in [3.8, 4) is 0 Å². The quantitative estimate of drug-likeness (QED) is 0.238. The van der Waals surface area contributed by atoms with Crippen molar-refractivity contribution in [2.24, 2.45) is 15.7 Å². The van der Waals surface area contributed by atoms with Gasteiger partial charge >= 0.3 is 5.97 Å². The number of aliphatic imine (C=N–C) groups is 2. The van der Waals surface area contributed by atoms with Crippen LogP contribution in [0, 0.1) is 0 Å². The molecule has 1 fully saturated rings. The van der Waals surface area contributed by atoms with Gasteiger partial charge in [-0.15, -0.1) is 24.0 Å². The molecule has 2 amide bonds. The van der Waals surface area contributed by atoms with Crippen LogP contribution in [-0.4, -0.2) is 72.7 Å². The number of nitrogens with zero attached hydrogens (tertiary/aromatic N) is 3. The van der Waals surface area contributed by atoms with E-state index >= 15 is 0 Å². The molecule has 2 unspecified atom stereocenters. The smallest absolute Gasteiger partial charge is 0.307 e. The first-order valence-electron chi connectivity index (χ1n) is 8.98. The molecule has 0 spiro atoms. The molecule has 0 aliphatic carbocycles. The monoisotopic (exact) mass is 547 g/mol. The molecule has 164 valence electrons. The van der Waals surface area contributed by atoms with Crippen molar-refractivity contribution in [2.75, 3.05) is 27.7 Å². The number of nitrogens with one attached hydrogen (secondary N) is 1. The van der Waals surface area contributed by atoms with Gasteiger partial charge in [-0.2, -0.15) is 4.99 Å². The van der Waals surface area contributed by atoms with Gasteiger partial charge in [0.2, 0.25) is 5.91 Å². The van der Waals surface area contributed by atoms with Crippen LogP contribution in [0.2, 0.25) is 0 Å². The molecule has 0 aromatic heterocycles. The lowest BCUT2D eigenvalue weighted by molar-refractivity contribution is -0.140. The lowest BCUT2D eigenvalue weighted by Crippen LogP contribution is -2.41. The number of carbonyl (C=O) groups excluding carboxylic acids is 3. The molecule has 0 bridgehead atoms. The zero-order chi connectivity index (χ0) is 21.6. The molecule has 0 saturated carbocycles. The molecule has 1 aromatic rings. The van der Waals surface area contributed by atoms with Crippen molar-refractivity contribution in [2.45, 2.75) is 24.6 Å². The summed E-state index contributed by atoms with van der Waals surface area (Å²) < 4.78 is 4.55. The van der Waals surface area contributed by atoms with E-state index in [9.17, 15) is 14.4 Å². The number of hydrogen-bond donors (Lipinski definition) is 2. The van der Waals surface area contributed by atoms with Crippen LogP contribution in [0.4, 0.5) is 0 Å². The van der Waals surface area contributed by atoms with E-state index in [0.717, 1.165) is 5.56 Å². The van der Waals surface area contributed by atoms with Crippen molar-refractivity contribution < 1.29 is 19.1 Å². The highest BCUT2D eigenvalue weighted by Gasteiger charge is 2.39. The first-order chi connectivity index (χ1) is 13.8. The second-order valence-corrected chi connectivity index (χ2v) is 7.50. The molecule has 1 aliphatic heterocycles. The van der Waals surface area contributed by atoms with Gasteiger partial charge in [-0.25, -0.2) is 0 Å². The molecule has 1 aliphatic rings. The van der Waals surface area contributed by atoms with Gasteiger partial charge in [-0.05, 0) is 19.1 Å². The minimum absolute atomic E-state index is 0. The fraction of sp³-hybridized carbons (Fsp3) is 0.421. The number of benzene rings is 1. The van der Waals surface area contributed by atoms with Gasteiger partial charge < -0.3 is 20.7 Å². The molecule has 1 aromatic carbocycles. The zero-order valence-electron chi connectivity index (χ0n) is 17.2. The predicted molar refractivity (Wildman–Crippen MR) is 129 cm³/mol. The van der Waals surface area contributed by atoms with Crippen LogP contribution in [-0.2, 0) is 14.3 Å². The van der Waals surface area contributed by atoms with Crippen LogP contribution in [0.5, 0.6) is 0 Å². The summed E-state index contributed by atoms with van der Waals surface area (Å²) >= 11 is 1.22. The van der Waals surface area contributed by atoms with Crippen molar-refractivity contribution in [1.82, 2.24) is 10.2 Å². The van der Waals surface area contributed by atoms with Crippen LogP contribution in [0.3, 0.4) is 0 Å². The van der Waals surface area contributed by atoms with E-state index in [4.69, 9.17) is 5.73 Å². The molecule has 2 atom stereocenters. The molecule has 1 heterocycles. The third-order valence-electron chi connectivity index (χ3n) is 4.56.